The van der Waals surface area contributed by atoms with Crippen molar-refractivity contribution in [1.29, 1.82) is 0 Å². The monoisotopic (exact) mass is 245 g/mol. The zero-order chi connectivity index (χ0) is 12.7. The second-order valence-corrected chi connectivity index (χ2v) is 5.55. The van der Waals surface area contributed by atoms with E-state index in [9.17, 15) is 4.79 Å². The quantitative estimate of drug-likeness (QED) is 0.847. The van der Waals surface area contributed by atoms with E-state index in [1.807, 2.05) is 6.92 Å². The summed E-state index contributed by atoms with van der Waals surface area (Å²) in [6.45, 7) is 1.84. The normalized spacial score (nSPS) is 30.0. The molecular weight excluding hydrogens is 226 g/mol. The summed E-state index contributed by atoms with van der Waals surface area (Å²) in [5.74, 6) is 1.18. The number of benzene rings is 1. The van der Waals surface area contributed by atoms with E-state index in [2.05, 4.69) is 29.6 Å². The highest BCUT2D eigenvalue weighted by molar-refractivity contribution is 5.84. The fourth-order valence-corrected chi connectivity index (χ4v) is 3.31. The summed E-state index contributed by atoms with van der Waals surface area (Å²) in [6.07, 6.45) is 2.21. The number of aliphatic hydroxyl groups excluding tert-OH is 1. The summed E-state index contributed by atoms with van der Waals surface area (Å²) in [6, 6.07) is 8.33. The van der Waals surface area contributed by atoms with Gasteiger partial charge in [0.15, 0.2) is 0 Å². The van der Waals surface area contributed by atoms with Gasteiger partial charge >= 0.3 is 0 Å². The van der Waals surface area contributed by atoms with Crippen molar-refractivity contribution in [3.8, 4) is 0 Å². The Morgan fingerprint density at radius 1 is 1.50 bits per heavy atom. The average Bonchev–Trinajstić information content (AvgIpc) is 3.13. The van der Waals surface area contributed by atoms with Crippen LogP contribution in [0.5, 0.6) is 0 Å². The maximum atomic E-state index is 12.1. The van der Waals surface area contributed by atoms with Crippen LogP contribution < -0.4 is 5.32 Å². The molecule has 1 amide bonds. The molecule has 2 aliphatic carbocycles. The summed E-state index contributed by atoms with van der Waals surface area (Å²) in [4.78, 5) is 12.1. The highest BCUT2D eigenvalue weighted by atomic mass is 16.3. The Bertz CT molecular complexity index is 471. The highest BCUT2D eigenvalue weighted by Crippen LogP contribution is 2.59. The first kappa shape index (κ1) is 11.7. The van der Waals surface area contributed by atoms with E-state index >= 15 is 0 Å². The van der Waals surface area contributed by atoms with Gasteiger partial charge in [-0.15, -0.1) is 0 Å². The first-order chi connectivity index (χ1) is 8.72. The Kier molecular flexibility index (Phi) is 2.86. The van der Waals surface area contributed by atoms with Gasteiger partial charge in [0, 0.05) is 12.0 Å². The highest BCUT2D eigenvalue weighted by Gasteiger charge is 2.56. The Morgan fingerprint density at radius 3 is 3.06 bits per heavy atom. The topological polar surface area (TPSA) is 49.3 Å². The van der Waals surface area contributed by atoms with Gasteiger partial charge in [-0.05, 0) is 42.7 Å². The van der Waals surface area contributed by atoms with Gasteiger partial charge < -0.3 is 10.4 Å². The van der Waals surface area contributed by atoms with E-state index < -0.39 is 0 Å². The Hall–Kier alpha value is -1.35. The lowest BCUT2D eigenvalue weighted by Crippen LogP contribution is -2.36. The number of aliphatic hydroxyl groups is 1. The number of hydrogen-bond donors (Lipinski definition) is 2. The van der Waals surface area contributed by atoms with Crippen LogP contribution >= 0.6 is 0 Å². The average molecular weight is 245 g/mol. The molecule has 1 saturated carbocycles. The molecule has 3 nitrogen and oxygen atoms in total. The smallest absolute Gasteiger partial charge is 0.224 e. The van der Waals surface area contributed by atoms with Gasteiger partial charge in [0.1, 0.15) is 0 Å². The van der Waals surface area contributed by atoms with Crippen LogP contribution in [0.25, 0.3) is 0 Å². The molecule has 1 aromatic rings. The molecule has 1 aromatic carbocycles. The summed E-state index contributed by atoms with van der Waals surface area (Å²) < 4.78 is 0. The van der Waals surface area contributed by atoms with Crippen LogP contribution in [-0.2, 0) is 11.2 Å². The lowest BCUT2D eigenvalue weighted by atomic mass is 9.92. The minimum atomic E-state index is -0.143. The number of nitrogens with one attached hydrogen (secondary N) is 1. The number of carbonyl (C=O) groups excluding carboxylic acids is 1. The SMILES string of the molecule is C[C@@H](CO)NC(=O)C1C2CCc3ccccc3C21. The standard InChI is InChI=1S/C15H19NO2/c1-9(8-17)16-15(18)14-12-7-6-10-4-2-3-5-11(10)13(12)14/h2-5,9,12-14,17H,6-8H2,1H3,(H,16,18)/t9-,12?,13?,14?/m0/s1. The third-order valence-electron chi connectivity index (χ3n) is 4.30. The van der Waals surface area contributed by atoms with Crippen molar-refractivity contribution in [3.05, 3.63) is 35.4 Å². The van der Waals surface area contributed by atoms with Crippen LogP contribution in [0.1, 0.15) is 30.4 Å². The van der Waals surface area contributed by atoms with Gasteiger partial charge in [-0.25, -0.2) is 0 Å². The molecule has 0 aromatic heterocycles. The third kappa shape index (κ3) is 1.83. The number of aryl methyl sites for hydroxylation is 1. The van der Waals surface area contributed by atoms with Crippen LogP contribution in [-0.4, -0.2) is 23.7 Å². The van der Waals surface area contributed by atoms with Crippen molar-refractivity contribution in [2.75, 3.05) is 6.61 Å². The van der Waals surface area contributed by atoms with Crippen molar-refractivity contribution in [2.45, 2.75) is 31.7 Å². The predicted molar refractivity (Wildman–Crippen MR) is 69.2 cm³/mol. The molecule has 1 fully saturated rings. The molecule has 4 atom stereocenters. The first-order valence-electron chi connectivity index (χ1n) is 6.71. The Morgan fingerprint density at radius 2 is 2.28 bits per heavy atom. The summed E-state index contributed by atoms with van der Waals surface area (Å²) in [5, 5.41) is 11.9. The zero-order valence-corrected chi connectivity index (χ0v) is 10.6. The van der Waals surface area contributed by atoms with Crippen molar-refractivity contribution < 1.29 is 9.90 Å². The van der Waals surface area contributed by atoms with E-state index in [-0.39, 0.29) is 24.5 Å². The molecule has 2 aliphatic rings. The minimum absolute atomic E-state index is 0.00435. The minimum Gasteiger partial charge on any atom is -0.394 e. The van der Waals surface area contributed by atoms with E-state index in [0.29, 0.717) is 11.8 Å². The number of hydrogen-bond acceptors (Lipinski definition) is 2. The van der Waals surface area contributed by atoms with Crippen LogP contribution in [0, 0.1) is 11.8 Å². The van der Waals surface area contributed by atoms with Crippen LogP contribution in [0.2, 0.25) is 0 Å². The van der Waals surface area contributed by atoms with E-state index in [1.54, 1.807) is 0 Å². The van der Waals surface area contributed by atoms with Crippen molar-refractivity contribution in [2.24, 2.45) is 11.8 Å². The maximum Gasteiger partial charge on any atom is 0.224 e. The van der Waals surface area contributed by atoms with Crippen molar-refractivity contribution in [1.82, 2.24) is 5.32 Å². The Labute approximate surface area is 107 Å². The van der Waals surface area contributed by atoms with E-state index in [1.165, 1.54) is 11.1 Å². The van der Waals surface area contributed by atoms with Gasteiger partial charge in [0.25, 0.3) is 0 Å². The van der Waals surface area contributed by atoms with Crippen molar-refractivity contribution >= 4 is 5.91 Å². The molecule has 3 rings (SSSR count). The lowest BCUT2D eigenvalue weighted by Gasteiger charge is -2.13. The van der Waals surface area contributed by atoms with E-state index in [0.717, 1.165) is 12.8 Å². The molecule has 18 heavy (non-hydrogen) atoms. The molecule has 0 aliphatic heterocycles. The third-order valence-corrected chi connectivity index (χ3v) is 4.30. The summed E-state index contributed by atoms with van der Waals surface area (Å²) >= 11 is 0. The van der Waals surface area contributed by atoms with Gasteiger partial charge in [0.2, 0.25) is 5.91 Å². The predicted octanol–water partition coefficient (Wildman–Crippen LogP) is 1.46. The van der Waals surface area contributed by atoms with Crippen LogP contribution in [0.15, 0.2) is 24.3 Å². The van der Waals surface area contributed by atoms with E-state index in [4.69, 9.17) is 5.11 Å². The molecule has 0 radical (unpaired) electrons. The maximum absolute atomic E-state index is 12.1. The van der Waals surface area contributed by atoms with Gasteiger partial charge in [-0.3, -0.25) is 4.79 Å². The number of carbonyl (C=O) groups is 1. The van der Waals surface area contributed by atoms with Crippen LogP contribution in [0.4, 0.5) is 0 Å². The molecule has 0 heterocycles. The van der Waals surface area contributed by atoms with Gasteiger partial charge in [-0.1, -0.05) is 24.3 Å². The number of rotatable bonds is 3. The molecule has 0 saturated heterocycles. The Balaban J connectivity index is 1.75. The second-order valence-electron chi connectivity index (χ2n) is 5.55. The first-order valence-corrected chi connectivity index (χ1v) is 6.71. The lowest BCUT2D eigenvalue weighted by molar-refractivity contribution is -0.123. The number of amides is 1. The summed E-state index contributed by atoms with van der Waals surface area (Å²) in [7, 11) is 0. The van der Waals surface area contributed by atoms with Crippen LogP contribution in [0.3, 0.4) is 0 Å². The molecule has 2 N–H and O–H groups in total. The largest absolute Gasteiger partial charge is 0.394 e. The molecular formula is C15H19NO2. The molecule has 3 unspecified atom stereocenters. The fourth-order valence-electron chi connectivity index (χ4n) is 3.31. The summed E-state index contributed by atoms with van der Waals surface area (Å²) in [5.41, 5.74) is 2.77. The number of fused-ring (bicyclic) bond motifs is 3. The fraction of sp³-hybridized carbons (Fsp3) is 0.533. The second kappa shape index (κ2) is 4.39. The molecule has 0 spiro atoms. The molecule has 96 valence electrons. The zero-order valence-electron chi connectivity index (χ0n) is 10.6. The van der Waals surface area contributed by atoms with Crippen molar-refractivity contribution in [3.63, 3.8) is 0 Å². The molecule has 0 bridgehead atoms. The molecule has 3 heteroatoms. The van der Waals surface area contributed by atoms with Gasteiger partial charge in [-0.2, -0.15) is 0 Å². The van der Waals surface area contributed by atoms with Gasteiger partial charge in [0.05, 0.1) is 6.61 Å².